The summed E-state index contributed by atoms with van der Waals surface area (Å²) in [6.45, 7) is 3.81. The number of rotatable bonds is 1. The summed E-state index contributed by atoms with van der Waals surface area (Å²) in [7, 11) is 0. The van der Waals surface area contributed by atoms with Gasteiger partial charge in [-0.25, -0.2) is 0 Å². The van der Waals surface area contributed by atoms with E-state index >= 15 is 0 Å². The van der Waals surface area contributed by atoms with E-state index in [0.29, 0.717) is 5.57 Å². The smallest absolute Gasteiger partial charge is 0.229 e. The quantitative estimate of drug-likeness (QED) is 0.551. The van der Waals surface area contributed by atoms with E-state index in [0.717, 1.165) is 0 Å². The first kappa shape index (κ1) is 8.54. The van der Waals surface area contributed by atoms with Crippen LogP contribution in [0.1, 0.15) is 13.8 Å². The molecular formula is C9H10ClO. The fraction of sp³-hybridized carbons (Fsp3) is 0.444. The minimum absolute atomic E-state index is 0.0478. The van der Waals surface area contributed by atoms with Gasteiger partial charge in [0, 0.05) is 11.5 Å². The molecule has 0 aromatic heterocycles. The van der Waals surface area contributed by atoms with Gasteiger partial charge < -0.3 is 0 Å². The summed E-state index contributed by atoms with van der Waals surface area (Å²) in [5.41, 5.74) is 0.644. The van der Waals surface area contributed by atoms with Crippen LogP contribution in [0.4, 0.5) is 0 Å². The maximum atomic E-state index is 10.4. The second-order valence-corrected chi connectivity index (χ2v) is 3.77. The molecule has 0 heterocycles. The lowest BCUT2D eigenvalue weighted by Gasteiger charge is -2.28. The first-order valence-electron chi connectivity index (χ1n) is 3.54. The van der Waals surface area contributed by atoms with E-state index < -0.39 is 4.87 Å². The molecule has 0 bridgehead atoms. The molecule has 1 aliphatic carbocycles. The highest BCUT2D eigenvalue weighted by Crippen LogP contribution is 2.33. The van der Waals surface area contributed by atoms with Crippen LogP contribution in [0.3, 0.4) is 0 Å². The Kier molecular flexibility index (Phi) is 2.19. The van der Waals surface area contributed by atoms with Crippen LogP contribution in [-0.4, -0.2) is 11.2 Å². The Morgan fingerprint density at radius 1 is 1.73 bits per heavy atom. The van der Waals surface area contributed by atoms with Crippen molar-refractivity contribution in [2.24, 2.45) is 5.92 Å². The molecule has 2 heteroatoms. The number of carbonyl (C=O) groups excluding carboxylic acids is 1. The predicted octanol–water partition coefficient (Wildman–Crippen LogP) is 2.23. The van der Waals surface area contributed by atoms with Crippen molar-refractivity contribution >= 4 is 17.9 Å². The molecule has 1 nitrogen and oxygen atoms in total. The van der Waals surface area contributed by atoms with Crippen molar-refractivity contribution in [1.82, 2.24) is 0 Å². The monoisotopic (exact) mass is 169 g/mol. The highest BCUT2D eigenvalue weighted by molar-refractivity contribution is 6.25. The third-order valence-electron chi connectivity index (χ3n) is 2.13. The van der Waals surface area contributed by atoms with Gasteiger partial charge in [-0.1, -0.05) is 25.2 Å². The van der Waals surface area contributed by atoms with Gasteiger partial charge in [-0.15, -0.1) is 11.6 Å². The molecule has 0 N–H and O–H groups in total. The third-order valence-corrected chi connectivity index (χ3v) is 2.58. The molecule has 11 heavy (non-hydrogen) atoms. The fourth-order valence-electron chi connectivity index (χ4n) is 1.06. The van der Waals surface area contributed by atoms with Gasteiger partial charge in [0.1, 0.15) is 0 Å². The molecule has 0 fully saturated rings. The molecule has 1 rings (SSSR count). The van der Waals surface area contributed by atoms with Crippen molar-refractivity contribution in [3.05, 3.63) is 23.8 Å². The minimum Gasteiger partial charge on any atom is -0.285 e. The summed E-state index contributed by atoms with van der Waals surface area (Å²) < 4.78 is 0. The van der Waals surface area contributed by atoms with Crippen LogP contribution < -0.4 is 0 Å². The molecular weight excluding hydrogens is 160 g/mol. The summed E-state index contributed by atoms with van der Waals surface area (Å²) >= 11 is 6.09. The number of allylic oxidation sites excluding steroid dienone is 4. The SMILES string of the molecule is CC1C([C]=O)=CC=CC1(C)Cl. The summed E-state index contributed by atoms with van der Waals surface area (Å²) in [6, 6.07) is 0. The summed E-state index contributed by atoms with van der Waals surface area (Å²) in [5, 5.41) is 0. The second kappa shape index (κ2) is 2.82. The molecule has 59 valence electrons. The van der Waals surface area contributed by atoms with E-state index in [-0.39, 0.29) is 5.92 Å². The van der Waals surface area contributed by atoms with Gasteiger partial charge in [0.25, 0.3) is 0 Å². The molecule has 0 saturated carbocycles. The van der Waals surface area contributed by atoms with Gasteiger partial charge in [0.15, 0.2) is 0 Å². The largest absolute Gasteiger partial charge is 0.285 e. The normalized spacial score (nSPS) is 36.6. The lowest BCUT2D eigenvalue weighted by atomic mass is 9.85. The zero-order valence-electron chi connectivity index (χ0n) is 6.60. The van der Waals surface area contributed by atoms with E-state index in [4.69, 9.17) is 11.6 Å². The Morgan fingerprint density at radius 2 is 2.36 bits per heavy atom. The predicted molar refractivity (Wildman–Crippen MR) is 46.3 cm³/mol. The molecule has 2 atom stereocenters. The summed E-state index contributed by atoms with van der Waals surface area (Å²) in [5.74, 6) is 0.0478. The maximum absolute atomic E-state index is 10.4. The Balaban J connectivity index is 2.94. The van der Waals surface area contributed by atoms with Crippen molar-refractivity contribution in [3.63, 3.8) is 0 Å². The molecule has 0 spiro atoms. The number of alkyl halides is 1. The van der Waals surface area contributed by atoms with E-state index in [9.17, 15) is 4.79 Å². The van der Waals surface area contributed by atoms with Crippen molar-refractivity contribution < 1.29 is 4.79 Å². The summed E-state index contributed by atoms with van der Waals surface area (Å²) in [6.07, 6.45) is 7.32. The van der Waals surface area contributed by atoms with Gasteiger partial charge in [0.05, 0.1) is 4.87 Å². The Labute approximate surface area is 71.7 Å². The van der Waals surface area contributed by atoms with Crippen molar-refractivity contribution in [2.45, 2.75) is 18.7 Å². The third kappa shape index (κ3) is 1.54. The second-order valence-electron chi connectivity index (χ2n) is 2.96. The van der Waals surface area contributed by atoms with E-state index in [1.807, 2.05) is 26.2 Å². The van der Waals surface area contributed by atoms with Crippen LogP contribution in [0.15, 0.2) is 23.8 Å². The van der Waals surface area contributed by atoms with Crippen LogP contribution in [0.25, 0.3) is 0 Å². The van der Waals surface area contributed by atoms with Crippen molar-refractivity contribution in [3.8, 4) is 0 Å². The highest BCUT2D eigenvalue weighted by atomic mass is 35.5. The van der Waals surface area contributed by atoms with Crippen LogP contribution in [0, 0.1) is 5.92 Å². The van der Waals surface area contributed by atoms with Gasteiger partial charge >= 0.3 is 0 Å². The average molecular weight is 170 g/mol. The highest BCUT2D eigenvalue weighted by Gasteiger charge is 2.30. The Morgan fingerprint density at radius 3 is 2.82 bits per heavy atom. The molecule has 0 saturated heterocycles. The van der Waals surface area contributed by atoms with Gasteiger partial charge in [-0.3, -0.25) is 4.79 Å². The van der Waals surface area contributed by atoms with Crippen LogP contribution in [0.2, 0.25) is 0 Å². The average Bonchev–Trinajstić information content (AvgIpc) is 1.95. The van der Waals surface area contributed by atoms with E-state index in [1.54, 1.807) is 12.2 Å². The summed E-state index contributed by atoms with van der Waals surface area (Å²) in [4.78, 5) is 9.94. The lowest BCUT2D eigenvalue weighted by Crippen LogP contribution is -2.27. The first-order valence-corrected chi connectivity index (χ1v) is 3.92. The number of hydrogen-bond acceptors (Lipinski definition) is 1. The maximum Gasteiger partial charge on any atom is 0.229 e. The van der Waals surface area contributed by atoms with Crippen LogP contribution in [-0.2, 0) is 4.79 Å². The number of halogens is 1. The molecule has 0 aliphatic heterocycles. The molecule has 1 aliphatic rings. The number of hydrogen-bond donors (Lipinski definition) is 0. The van der Waals surface area contributed by atoms with Crippen LogP contribution in [0.5, 0.6) is 0 Å². The van der Waals surface area contributed by atoms with Gasteiger partial charge in [-0.05, 0) is 6.92 Å². The standard InChI is InChI=1S/C9H10ClO/c1-7-8(6-11)4-3-5-9(7,2)10/h3-5,7H,1-2H3. The first-order chi connectivity index (χ1) is 5.08. The van der Waals surface area contributed by atoms with E-state index in [1.165, 1.54) is 0 Å². The molecule has 2 unspecified atom stereocenters. The van der Waals surface area contributed by atoms with Gasteiger partial charge in [0.2, 0.25) is 6.29 Å². The zero-order valence-corrected chi connectivity index (χ0v) is 7.35. The molecule has 0 amide bonds. The lowest BCUT2D eigenvalue weighted by molar-refractivity contribution is 0.532. The Bertz CT molecular complexity index is 226. The van der Waals surface area contributed by atoms with Crippen molar-refractivity contribution in [1.29, 1.82) is 0 Å². The Hall–Kier alpha value is -0.560. The molecule has 0 aromatic carbocycles. The van der Waals surface area contributed by atoms with E-state index in [2.05, 4.69) is 0 Å². The minimum atomic E-state index is -0.429. The van der Waals surface area contributed by atoms with Crippen molar-refractivity contribution in [2.75, 3.05) is 0 Å². The van der Waals surface area contributed by atoms with Crippen LogP contribution >= 0.6 is 11.6 Å². The van der Waals surface area contributed by atoms with Gasteiger partial charge in [-0.2, -0.15) is 0 Å². The topological polar surface area (TPSA) is 17.1 Å². The fourth-order valence-corrected chi connectivity index (χ4v) is 1.25. The molecule has 1 radical (unpaired) electrons. The zero-order chi connectivity index (χ0) is 8.48. The molecule has 0 aromatic rings.